The molecule has 0 atom stereocenters. The van der Waals surface area contributed by atoms with Crippen molar-refractivity contribution >= 4 is 250 Å². The highest BCUT2D eigenvalue weighted by Crippen LogP contribution is 2.45. The molecule has 26 rings (SSSR count). The predicted molar refractivity (Wildman–Crippen MR) is 450 cm³/mol. The van der Waals surface area contributed by atoms with Gasteiger partial charge in [0.05, 0.1) is 49.7 Å². The summed E-state index contributed by atoms with van der Waals surface area (Å²) in [6.07, 6.45) is 17.2. The number of hydrogen-bond acceptors (Lipinski definition) is 16. The number of benzene rings is 17. The van der Waals surface area contributed by atoms with Crippen molar-refractivity contribution in [3.8, 4) is 0 Å². The normalized spacial score (nSPS) is 12.0. The number of para-hydroxylation sites is 3. The van der Waals surface area contributed by atoms with Crippen LogP contribution in [-0.2, 0) is 0 Å². The molecule has 508 valence electrons. The van der Waals surface area contributed by atoms with Crippen LogP contribution in [-0.4, -0.2) is 69.8 Å². The number of hydrogen-bond donors (Lipinski definition) is 0. The molecule has 16 heteroatoms. The minimum atomic E-state index is 0.507. The summed E-state index contributed by atoms with van der Waals surface area (Å²) in [7, 11) is 0. The van der Waals surface area contributed by atoms with Crippen LogP contribution in [0.1, 0.15) is 0 Å². The van der Waals surface area contributed by atoms with Crippen molar-refractivity contribution in [2.24, 2.45) is 0 Å². The van der Waals surface area contributed by atoms with Gasteiger partial charge in [-0.3, -0.25) is 39.9 Å². The Labute approximate surface area is 624 Å². The minimum Gasteiger partial charge on any atom is -0.456 e. The zero-order valence-corrected chi connectivity index (χ0v) is 58.8. The number of furan rings is 1. The van der Waals surface area contributed by atoms with Gasteiger partial charge in [-0.15, -0.1) is 11.3 Å². The van der Waals surface area contributed by atoms with Crippen LogP contribution in [0.4, 0.5) is 0 Å². The highest BCUT2D eigenvalue weighted by Gasteiger charge is 2.21. The fourth-order valence-corrected chi connectivity index (χ4v) is 17.5. The molecule has 0 fully saturated rings. The van der Waals surface area contributed by atoms with E-state index in [9.17, 15) is 0 Å². The van der Waals surface area contributed by atoms with E-state index in [4.69, 9.17) is 44.3 Å². The molecule has 15 nitrogen and oxygen atoms in total. The van der Waals surface area contributed by atoms with Crippen molar-refractivity contribution in [3.63, 3.8) is 0 Å². The second-order valence-corrected chi connectivity index (χ2v) is 28.6. The number of rotatable bonds is 0. The maximum absolute atomic E-state index is 6.17. The lowest BCUT2D eigenvalue weighted by atomic mass is 9.95. The van der Waals surface area contributed by atoms with Gasteiger partial charge >= 0.3 is 0 Å². The lowest BCUT2D eigenvalue weighted by Crippen LogP contribution is -1.96. The Balaban J connectivity index is 0.0000000881. The van der Waals surface area contributed by atoms with Gasteiger partial charge < -0.3 is 4.42 Å². The average Bonchev–Trinajstić information content (AvgIpc) is 1.68. The SMILES string of the molecule is c1ccc2cc3c(cc2c1)c1cc2oc4ccccc4c2cc1c1nccnc31.c1ccc2cc3c(cc2c1)c1cc2sc4ccccc4c2cc1c1nccnc31.c1ccc2cc3c(cc2c1)c1nccnc1c1nc2ccccc2nc31.c1ccc2cc3c(cc2c1)c1nccnc1c1nc2nccnc2nc31. The first-order chi connectivity index (χ1) is 54.5. The van der Waals surface area contributed by atoms with E-state index in [0.29, 0.717) is 16.8 Å². The third kappa shape index (κ3) is 9.69. The molecule has 0 bridgehead atoms. The van der Waals surface area contributed by atoms with Crippen LogP contribution in [0.2, 0.25) is 0 Å². The molecule has 26 aromatic rings. The number of nitrogens with zero attached hydrogens (tertiary/aromatic N) is 14. The summed E-state index contributed by atoms with van der Waals surface area (Å²) in [6.45, 7) is 0. The quantitative estimate of drug-likeness (QED) is 0.103. The molecule has 0 unspecified atom stereocenters. The lowest BCUT2D eigenvalue weighted by Gasteiger charge is -2.11. The van der Waals surface area contributed by atoms with Crippen LogP contribution >= 0.6 is 11.3 Å². The molecule has 0 N–H and O–H groups in total. The van der Waals surface area contributed by atoms with E-state index in [0.717, 1.165) is 142 Å². The Morgan fingerprint density at radius 1 is 0.182 bits per heavy atom. The molecule has 0 aliphatic heterocycles. The van der Waals surface area contributed by atoms with E-state index >= 15 is 0 Å². The highest BCUT2D eigenvalue weighted by molar-refractivity contribution is 7.25. The Morgan fingerprint density at radius 2 is 0.491 bits per heavy atom. The molecule has 110 heavy (non-hydrogen) atoms. The largest absolute Gasteiger partial charge is 0.456 e. The van der Waals surface area contributed by atoms with Crippen molar-refractivity contribution in [1.29, 1.82) is 0 Å². The number of fused-ring (bicyclic) bond motifs is 36. The second kappa shape index (κ2) is 24.3. The van der Waals surface area contributed by atoms with Crippen molar-refractivity contribution in [1.82, 2.24) is 69.8 Å². The Bertz CT molecular complexity index is 7760. The molecule has 0 saturated carbocycles. The van der Waals surface area contributed by atoms with Gasteiger partial charge in [0.15, 0.2) is 11.3 Å². The van der Waals surface area contributed by atoms with E-state index in [2.05, 4.69) is 218 Å². The molecule has 0 amide bonds. The van der Waals surface area contributed by atoms with Gasteiger partial charge in [0.2, 0.25) is 0 Å². The summed E-state index contributed by atoms with van der Waals surface area (Å²) < 4.78 is 8.81. The molecular formula is C94H50N14OS. The molecular weight excluding hydrogens is 1370 g/mol. The van der Waals surface area contributed by atoms with Crippen molar-refractivity contribution in [2.75, 3.05) is 0 Å². The van der Waals surface area contributed by atoms with Crippen LogP contribution in [0.15, 0.2) is 309 Å². The molecule has 17 aromatic carbocycles. The molecule has 0 aliphatic carbocycles. The maximum atomic E-state index is 6.17. The predicted octanol–water partition coefficient (Wildman–Crippen LogP) is 23.3. The fraction of sp³-hybridized carbons (Fsp3) is 0. The molecule has 0 spiro atoms. The standard InChI is InChI=1S/C26H14N2O.C26H14N2S.C22H12N4.C20H10N6/c2*1-2-6-16-12-21-18(11-15(16)5-1)19-14-24-20(17-7-3-4-8-23(17)29-24)13-22(19)26-25(21)27-9-10-28-26;1-2-6-14-12-16-15(11-13(14)5-1)19-21(24-10-9-23-19)22-20(16)25-17-7-3-4-8-18(17)26-22;1-2-4-12-10-14-13(9-11(12)3-1)15-17(22-6-5-21-15)18-16(14)25-19-20(26-18)24-8-7-23-19/h2*1-14H;1-12H;1-10H. The van der Waals surface area contributed by atoms with Gasteiger partial charge in [-0.1, -0.05) is 146 Å². The molecule has 0 saturated heterocycles. The number of thiophene rings is 1. The van der Waals surface area contributed by atoms with E-state index in [1.165, 1.54) is 79.4 Å². The maximum Gasteiger partial charge on any atom is 0.198 e. The van der Waals surface area contributed by atoms with Gasteiger partial charge in [-0.25, -0.2) is 29.9 Å². The third-order valence-corrected chi connectivity index (χ3v) is 22.5. The first-order valence-corrected chi connectivity index (χ1v) is 36.9. The highest BCUT2D eigenvalue weighted by atomic mass is 32.1. The lowest BCUT2D eigenvalue weighted by molar-refractivity contribution is 0.669. The van der Waals surface area contributed by atoms with Crippen LogP contribution in [0, 0.1) is 0 Å². The first-order valence-electron chi connectivity index (χ1n) is 36.1. The van der Waals surface area contributed by atoms with E-state index in [1.54, 1.807) is 62.0 Å². The summed E-state index contributed by atoms with van der Waals surface area (Å²) in [6, 6.07) is 85.1. The van der Waals surface area contributed by atoms with E-state index in [-0.39, 0.29) is 0 Å². The fourth-order valence-electron chi connectivity index (χ4n) is 16.3. The molecule has 9 heterocycles. The zero-order valence-electron chi connectivity index (χ0n) is 57.9. The summed E-state index contributed by atoms with van der Waals surface area (Å²) in [5.74, 6) is 0. The minimum absolute atomic E-state index is 0.507. The van der Waals surface area contributed by atoms with Crippen LogP contribution < -0.4 is 0 Å². The molecule has 9 aromatic heterocycles. The smallest absolute Gasteiger partial charge is 0.198 e. The second-order valence-electron chi connectivity index (χ2n) is 27.5. The average molecular weight is 1420 g/mol. The summed E-state index contributed by atoms with van der Waals surface area (Å²) in [4.78, 5) is 65.1. The van der Waals surface area contributed by atoms with Crippen molar-refractivity contribution < 1.29 is 4.42 Å². The van der Waals surface area contributed by atoms with Crippen molar-refractivity contribution in [3.05, 3.63) is 305 Å². The van der Waals surface area contributed by atoms with Gasteiger partial charge in [0, 0.05) is 136 Å². The summed E-state index contributed by atoms with van der Waals surface area (Å²) in [5.41, 5.74) is 14.8. The Kier molecular flexibility index (Phi) is 13.5. The Morgan fingerprint density at radius 3 is 0.973 bits per heavy atom. The summed E-state index contributed by atoms with van der Waals surface area (Å²) in [5, 5.41) is 27.9. The van der Waals surface area contributed by atoms with Gasteiger partial charge in [0.1, 0.15) is 38.7 Å². The van der Waals surface area contributed by atoms with Gasteiger partial charge in [0.25, 0.3) is 0 Å². The van der Waals surface area contributed by atoms with Crippen LogP contribution in [0.25, 0.3) is 238 Å². The van der Waals surface area contributed by atoms with Crippen LogP contribution in [0.5, 0.6) is 0 Å². The first kappa shape index (κ1) is 61.3. The number of aromatic nitrogens is 14. The van der Waals surface area contributed by atoms with Gasteiger partial charge in [-0.2, -0.15) is 0 Å². The monoisotopic (exact) mass is 1420 g/mol. The third-order valence-electron chi connectivity index (χ3n) is 21.3. The Hall–Kier alpha value is -15.0. The topological polar surface area (TPSA) is 194 Å². The zero-order chi connectivity index (χ0) is 72.1. The van der Waals surface area contributed by atoms with E-state index in [1.807, 2.05) is 65.9 Å². The van der Waals surface area contributed by atoms with Crippen LogP contribution in [0.3, 0.4) is 0 Å². The molecule has 0 radical (unpaired) electrons. The molecule has 0 aliphatic rings. The van der Waals surface area contributed by atoms with Crippen molar-refractivity contribution in [2.45, 2.75) is 0 Å². The van der Waals surface area contributed by atoms with Gasteiger partial charge in [-0.05, 0) is 162 Å². The van der Waals surface area contributed by atoms with E-state index < -0.39 is 0 Å². The summed E-state index contributed by atoms with van der Waals surface area (Å²) >= 11 is 1.86.